The van der Waals surface area contributed by atoms with Gasteiger partial charge in [-0.05, 0) is 71.3 Å². The van der Waals surface area contributed by atoms with E-state index in [-0.39, 0.29) is 0 Å². The van der Waals surface area contributed by atoms with Crippen molar-refractivity contribution in [2.45, 2.75) is 0 Å². The summed E-state index contributed by atoms with van der Waals surface area (Å²) < 4.78 is 19.0. The van der Waals surface area contributed by atoms with Crippen molar-refractivity contribution >= 4 is 65.8 Å². The number of hydrogen-bond acceptors (Lipinski definition) is 6. The summed E-state index contributed by atoms with van der Waals surface area (Å²) in [5.74, 6) is 1.80. The number of fused-ring (bicyclic) bond motifs is 9. The van der Waals surface area contributed by atoms with E-state index in [1.54, 1.807) is 0 Å². The minimum atomic E-state index is 0.595. The predicted molar refractivity (Wildman–Crippen MR) is 229 cm³/mol. The highest BCUT2D eigenvalue weighted by atomic mass is 16.3. The van der Waals surface area contributed by atoms with Crippen LogP contribution in [0.4, 0.5) is 0 Å². The van der Waals surface area contributed by atoms with Crippen molar-refractivity contribution in [3.63, 3.8) is 0 Å². The molecule has 0 saturated carbocycles. The van der Waals surface area contributed by atoms with Crippen molar-refractivity contribution < 1.29 is 13.3 Å². The van der Waals surface area contributed by atoms with Crippen LogP contribution in [0.25, 0.3) is 122 Å². The molecule has 4 heterocycles. The Kier molecular flexibility index (Phi) is 6.83. The molecule has 6 nitrogen and oxygen atoms in total. The zero-order valence-corrected chi connectivity index (χ0v) is 30.3. The summed E-state index contributed by atoms with van der Waals surface area (Å²) in [7, 11) is 0. The SMILES string of the molecule is c1ccc(-c2nc(-c3ccc(-c4ccc(-c5ccc6c(c5)oc5ccccc56)c5oc6ccccc6c45)cc3)nc(-c3ccc4oc5ccccc5c4c3)n2)cc1. The lowest BCUT2D eigenvalue weighted by Crippen LogP contribution is -2.00. The Morgan fingerprint density at radius 1 is 0.281 bits per heavy atom. The maximum Gasteiger partial charge on any atom is 0.164 e. The third kappa shape index (κ3) is 5.08. The minimum absolute atomic E-state index is 0.595. The van der Waals surface area contributed by atoms with Crippen LogP contribution in [0.2, 0.25) is 0 Å². The van der Waals surface area contributed by atoms with Crippen molar-refractivity contribution in [2.75, 3.05) is 0 Å². The first kappa shape index (κ1) is 31.5. The third-order valence-electron chi connectivity index (χ3n) is 11.0. The number of hydrogen-bond donors (Lipinski definition) is 0. The van der Waals surface area contributed by atoms with E-state index in [9.17, 15) is 0 Å². The van der Waals surface area contributed by atoms with Gasteiger partial charge in [0.25, 0.3) is 0 Å². The van der Waals surface area contributed by atoms with Crippen LogP contribution in [0.1, 0.15) is 0 Å². The molecule has 12 aromatic rings. The van der Waals surface area contributed by atoms with Gasteiger partial charge in [0.05, 0.1) is 0 Å². The van der Waals surface area contributed by atoms with Gasteiger partial charge in [-0.15, -0.1) is 0 Å². The normalized spacial score (nSPS) is 11.9. The second kappa shape index (κ2) is 12.3. The Morgan fingerprint density at radius 2 is 0.772 bits per heavy atom. The highest BCUT2D eigenvalue weighted by molar-refractivity contribution is 6.17. The zero-order chi connectivity index (χ0) is 37.5. The Bertz CT molecular complexity index is 3520. The molecular weight excluding hydrogens is 703 g/mol. The smallest absolute Gasteiger partial charge is 0.164 e. The summed E-state index contributed by atoms with van der Waals surface area (Å²) in [6, 6.07) is 59.9. The van der Waals surface area contributed by atoms with Crippen LogP contribution in [0.5, 0.6) is 0 Å². The summed E-state index contributed by atoms with van der Waals surface area (Å²) in [6.45, 7) is 0. The molecule has 0 aliphatic heterocycles. The fourth-order valence-electron chi connectivity index (χ4n) is 8.20. The van der Waals surface area contributed by atoms with Gasteiger partial charge >= 0.3 is 0 Å². The fourth-order valence-corrected chi connectivity index (χ4v) is 8.20. The van der Waals surface area contributed by atoms with Gasteiger partial charge in [-0.2, -0.15) is 0 Å². The Labute approximate surface area is 325 Å². The topological polar surface area (TPSA) is 78.1 Å². The first-order valence-corrected chi connectivity index (χ1v) is 18.9. The molecule has 4 aromatic heterocycles. The summed E-state index contributed by atoms with van der Waals surface area (Å²) in [5, 5.41) is 6.42. The number of rotatable bonds is 5. The second-order valence-corrected chi connectivity index (χ2v) is 14.3. The highest BCUT2D eigenvalue weighted by Gasteiger charge is 2.19. The van der Waals surface area contributed by atoms with Crippen LogP contribution >= 0.6 is 0 Å². The first-order valence-electron chi connectivity index (χ1n) is 18.9. The van der Waals surface area contributed by atoms with Gasteiger partial charge in [0.15, 0.2) is 17.5 Å². The van der Waals surface area contributed by atoms with E-state index in [0.29, 0.717) is 17.5 Å². The van der Waals surface area contributed by atoms with Crippen molar-refractivity contribution in [1.29, 1.82) is 0 Å². The first-order chi connectivity index (χ1) is 28.2. The monoisotopic (exact) mass is 731 g/mol. The van der Waals surface area contributed by atoms with E-state index in [4.69, 9.17) is 28.2 Å². The molecule has 0 aliphatic carbocycles. The molecule has 6 heteroatoms. The maximum atomic E-state index is 6.66. The summed E-state index contributed by atoms with van der Waals surface area (Å²) in [4.78, 5) is 15.0. The van der Waals surface area contributed by atoms with Gasteiger partial charge in [-0.3, -0.25) is 0 Å². The quantitative estimate of drug-likeness (QED) is 0.175. The second-order valence-electron chi connectivity index (χ2n) is 14.3. The van der Waals surface area contributed by atoms with Crippen LogP contribution < -0.4 is 0 Å². The molecule has 0 aliphatic rings. The molecule has 0 atom stereocenters. The number of furan rings is 3. The van der Waals surface area contributed by atoms with Gasteiger partial charge in [0.1, 0.15) is 33.5 Å². The number of nitrogens with zero attached hydrogens (tertiary/aromatic N) is 3. The molecular formula is C51H29N3O3. The van der Waals surface area contributed by atoms with E-state index in [1.807, 2.05) is 91.0 Å². The van der Waals surface area contributed by atoms with Gasteiger partial charge < -0.3 is 13.3 Å². The molecule has 8 aromatic carbocycles. The highest BCUT2D eigenvalue weighted by Crippen LogP contribution is 2.43. The predicted octanol–water partition coefficient (Wildman–Crippen LogP) is 13.9. The van der Waals surface area contributed by atoms with Crippen LogP contribution in [-0.4, -0.2) is 15.0 Å². The summed E-state index contributed by atoms with van der Waals surface area (Å²) in [5.41, 5.74) is 12.0. The average molecular weight is 732 g/mol. The largest absolute Gasteiger partial charge is 0.456 e. The third-order valence-corrected chi connectivity index (χ3v) is 11.0. The number of aromatic nitrogens is 3. The molecule has 0 spiro atoms. The Morgan fingerprint density at radius 3 is 1.51 bits per heavy atom. The molecule has 0 N–H and O–H groups in total. The molecule has 266 valence electrons. The molecule has 0 amide bonds. The van der Waals surface area contributed by atoms with E-state index < -0.39 is 0 Å². The average Bonchev–Trinajstić information content (AvgIpc) is 3.97. The molecule has 0 radical (unpaired) electrons. The van der Waals surface area contributed by atoms with Crippen molar-refractivity contribution in [3.05, 3.63) is 176 Å². The van der Waals surface area contributed by atoms with Crippen molar-refractivity contribution in [1.82, 2.24) is 15.0 Å². The Hall–Kier alpha value is -7.83. The molecule has 0 fully saturated rings. The standard InChI is InChI=1S/C51H29N3O3/c1-2-10-31(11-3-1)49-52-50(54-51(53-49)34-23-27-45-41(28-34)38-13-5-8-16-43(38)55-45)32-20-18-30(19-21-32)35-25-26-36(48-47(35)40-14-6-9-17-44(40)57-48)33-22-24-39-37-12-4-7-15-42(37)56-46(39)29-33/h1-29H. The van der Waals surface area contributed by atoms with Gasteiger partial charge in [0.2, 0.25) is 0 Å². The molecule has 0 saturated heterocycles. The van der Waals surface area contributed by atoms with Crippen LogP contribution in [0.15, 0.2) is 189 Å². The lowest BCUT2D eigenvalue weighted by atomic mass is 9.94. The number of para-hydroxylation sites is 3. The molecule has 57 heavy (non-hydrogen) atoms. The lowest BCUT2D eigenvalue weighted by molar-refractivity contribution is 0.668. The van der Waals surface area contributed by atoms with Gasteiger partial charge in [0, 0.05) is 54.6 Å². The fraction of sp³-hybridized carbons (Fsp3) is 0. The van der Waals surface area contributed by atoms with Crippen LogP contribution in [-0.2, 0) is 0 Å². The maximum absolute atomic E-state index is 6.66. The van der Waals surface area contributed by atoms with Crippen LogP contribution in [0, 0.1) is 0 Å². The zero-order valence-electron chi connectivity index (χ0n) is 30.3. The van der Waals surface area contributed by atoms with E-state index in [0.717, 1.165) is 105 Å². The van der Waals surface area contributed by atoms with Crippen molar-refractivity contribution in [3.8, 4) is 56.4 Å². The van der Waals surface area contributed by atoms with E-state index >= 15 is 0 Å². The summed E-state index contributed by atoms with van der Waals surface area (Å²) >= 11 is 0. The number of benzene rings is 8. The summed E-state index contributed by atoms with van der Waals surface area (Å²) in [6.07, 6.45) is 0. The minimum Gasteiger partial charge on any atom is -0.456 e. The van der Waals surface area contributed by atoms with Crippen LogP contribution in [0.3, 0.4) is 0 Å². The van der Waals surface area contributed by atoms with Crippen molar-refractivity contribution in [2.24, 2.45) is 0 Å². The van der Waals surface area contributed by atoms with Gasteiger partial charge in [-0.25, -0.2) is 15.0 Å². The van der Waals surface area contributed by atoms with E-state index in [1.165, 1.54) is 0 Å². The van der Waals surface area contributed by atoms with E-state index in [2.05, 4.69) is 84.9 Å². The van der Waals surface area contributed by atoms with Gasteiger partial charge in [-0.1, -0.05) is 121 Å². The Balaban J connectivity index is 0.976. The molecule has 0 bridgehead atoms. The molecule has 0 unspecified atom stereocenters. The lowest BCUT2D eigenvalue weighted by Gasteiger charge is -2.11. The molecule has 12 rings (SSSR count).